The maximum Gasteiger partial charge on any atom is 0.317 e. The van der Waals surface area contributed by atoms with Crippen molar-refractivity contribution in [2.75, 3.05) is 105 Å². The number of carbonyl (C=O) groups is 4. The van der Waals surface area contributed by atoms with E-state index in [9.17, 15) is 54.9 Å². The van der Waals surface area contributed by atoms with E-state index in [-0.39, 0.29) is 59.1 Å². The van der Waals surface area contributed by atoms with Crippen LogP contribution in [0.2, 0.25) is 0 Å². The second-order valence-corrected chi connectivity index (χ2v) is 9.93. The van der Waals surface area contributed by atoms with Gasteiger partial charge in [-0.2, -0.15) is 0 Å². The Kier molecular flexibility index (Phi) is 18.2. The number of rotatable bonds is 17. The van der Waals surface area contributed by atoms with Crippen LogP contribution in [0.1, 0.15) is 0 Å². The molecule has 9 N–H and O–H groups in total. The van der Waals surface area contributed by atoms with Gasteiger partial charge in [0.2, 0.25) is 5.91 Å². The highest BCUT2D eigenvalue weighted by Crippen LogP contribution is 2.16. The molecule has 1 amide bonds. The molecule has 4 atom stereocenters. The lowest BCUT2D eigenvalue weighted by Crippen LogP contribution is -2.62. The summed E-state index contributed by atoms with van der Waals surface area (Å²) in [5.41, 5.74) is 0. The second-order valence-electron chi connectivity index (χ2n) is 9.93. The van der Waals surface area contributed by atoms with Crippen LogP contribution in [0, 0.1) is 0 Å². The molecule has 0 bridgehead atoms. The number of amides is 1. The Hall–Kier alpha value is -2.52. The normalized spacial score (nSPS) is 24.0. The van der Waals surface area contributed by atoms with Crippen LogP contribution in [0.5, 0.6) is 0 Å². The molecule has 0 aromatic heterocycles. The minimum absolute atomic E-state index is 0.0797. The summed E-state index contributed by atoms with van der Waals surface area (Å²) in [6, 6.07) is -3.86. The van der Waals surface area contributed by atoms with Gasteiger partial charge in [-0.1, -0.05) is 0 Å². The van der Waals surface area contributed by atoms with Crippen LogP contribution in [-0.2, 0) is 23.9 Å². The summed E-state index contributed by atoms with van der Waals surface area (Å²) >= 11 is 0. The zero-order valence-electron chi connectivity index (χ0n) is 23.5. The monoisotopic (exact) mass is 611 g/mol. The van der Waals surface area contributed by atoms with Crippen LogP contribution in [-0.4, -0.2) is 214 Å². The van der Waals surface area contributed by atoms with Crippen molar-refractivity contribution >= 4 is 23.8 Å². The van der Waals surface area contributed by atoms with Crippen LogP contribution in [0.15, 0.2) is 0 Å². The van der Waals surface area contributed by atoms with Crippen molar-refractivity contribution < 1.29 is 64.8 Å². The number of hydrogen-bond acceptors (Lipinski definition) is 14. The van der Waals surface area contributed by atoms with E-state index in [2.05, 4.69) is 5.32 Å². The summed E-state index contributed by atoms with van der Waals surface area (Å²) in [7, 11) is 0. The average molecular weight is 612 g/mol. The van der Waals surface area contributed by atoms with Gasteiger partial charge in [0.05, 0.1) is 72.4 Å². The number of aliphatic hydroxyl groups is 5. The Morgan fingerprint density at radius 3 is 1.19 bits per heavy atom. The van der Waals surface area contributed by atoms with Crippen molar-refractivity contribution in [1.82, 2.24) is 24.9 Å². The molecule has 0 aromatic rings. The Morgan fingerprint density at radius 2 is 0.905 bits per heavy atom. The lowest BCUT2D eigenvalue weighted by molar-refractivity contribution is -0.144. The number of carbonyl (C=O) groups excluding carboxylic acids is 1. The number of carboxylic acids is 3. The number of aliphatic carboxylic acids is 3. The number of carboxylic acid groups (broad SMARTS) is 3. The number of aliphatic hydroxyl groups excluding tert-OH is 5. The molecule has 1 saturated heterocycles. The van der Waals surface area contributed by atoms with E-state index in [0.29, 0.717) is 0 Å². The van der Waals surface area contributed by atoms with Crippen molar-refractivity contribution in [3.8, 4) is 0 Å². The van der Waals surface area contributed by atoms with E-state index in [1.807, 2.05) is 0 Å². The van der Waals surface area contributed by atoms with E-state index >= 15 is 0 Å². The van der Waals surface area contributed by atoms with Gasteiger partial charge in [-0.05, 0) is 0 Å². The SMILES string of the molecule is O=C(O)CN1C[C@H](CO)N(CC(=O)NCCOCCO)C[C@H](CO)N(CC(=O)O)C[C@H](CO)N(CC(=O)O)C[C@H]1CO. The van der Waals surface area contributed by atoms with E-state index in [4.69, 9.17) is 9.84 Å². The fraction of sp³-hybridized carbons (Fsp3) is 0.833. The third-order valence-electron chi connectivity index (χ3n) is 6.86. The molecule has 1 aliphatic rings. The first-order valence-corrected chi connectivity index (χ1v) is 13.5. The molecule has 0 saturated carbocycles. The maximum atomic E-state index is 12.8. The molecule has 42 heavy (non-hydrogen) atoms. The van der Waals surface area contributed by atoms with E-state index in [1.54, 1.807) is 0 Å². The number of nitrogens with one attached hydrogen (secondary N) is 1. The van der Waals surface area contributed by atoms with Gasteiger partial charge < -0.3 is 50.9 Å². The van der Waals surface area contributed by atoms with Gasteiger partial charge in [-0.15, -0.1) is 0 Å². The van der Waals surface area contributed by atoms with Crippen LogP contribution in [0.25, 0.3) is 0 Å². The Bertz CT molecular complexity index is 825. The van der Waals surface area contributed by atoms with E-state index in [0.717, 1.165) is 0 Å². The highest BCUT2D eigenvalue weighted by molar-refractivity contribution is 5.78. The lowest BCUT2D eigenvalue weighted by Gasteiger charge is -2.44. The lowest BCUT2D eigenvalue weighted by atomic mass is 10.1. The van der Waals surface area contributed by atoms with Crippen molar-refractivity contribution in [2.45, 2.75) is 24.2 Å². The van der Waals surface area contributed by atoms with Crippen LogP contribution >= 0.6 is 0 Å². The van der Waals surface area contributed by atoms with Crippen LogP contribution in [0.4, 0.5) is 0 Å². The van der Waals surface area contributed by atoms with E-state index in [1.165, 1.54) is 19.6 Å². The summed E-state index contributed by atoms with van der Waals surface area (Å²) in [4.78, 5) is 53.4. The fourth-order valence-electron chi connectivity index (χ4n) is 4.80. The molecule has 0 aromatic carbocycles. The Balaban J connectivity index is 3.52. The number of hydrogen-bond donors (Lipinski definition) is 9. The number of nitrogens with zero attached hydrogens (tertiary/aromatic N) is 4. The molecule has 0 aliphatic carbocycles. The predicted octanol–water partition coefficient (Wildman–Crippen LogP) is -5.97. The van der Waals surface area contributed by atoms with Crippen molar-refractivity contribution in [2.24, 2.45) is 0 Å². The average Bonchev–Trinajstić information content (AvgIpc) is 2.92. The third-order valence-corrected chi connectivity index (χ3v) is 6.86. The smallest absolute Gasteiger partial charge is 0.317 e. The largest absolute Gasteiger partial charge is 0.480 e. The quantitative estimate of drug-likeness (QED) is 0.0693. The molecular weight excluding hydrogens is 566 g/mol. The molecular formula is C24H45N5O13. The Labute approximate surface area is 243 Å². The summed E-state index contributed by atoms with van der Waals surface area (Å²) in [5.74, 6) is -4.33. The van der Waals surface area contributed by atoms with Crippen molar-refractivity contribution in [3.05, 3.63) is 0 Å². The first-order valence-electron chi connectivity index (χ1n) is 13.5. The maximum absolute atomic E-state index is 12.8. The zero-order valence-corrected chi connectivity index (χ0v) is 23.5. The molecule has 18 nitrogen and oxygen atoms in total. The molecule has 1 aliphatic heterocycles. The third kappa shape index (κ3) is 13.6. The predicted molar refractivity (Wildman–Crippen MR) is 144 cm³/mol. The van der Waals surface area contributed by atoms with Gasteiger partial charge in [0.25, 0.3) is 0 Å². The zero-order chi connectivity index (χ0) is 31.7. The van der Waals surface area contributed by atoms with Gasteiger partial charge >= 0.3 is 17.9 Å². The molecule has 0 radical (unpaired) electrons. The molecule has 1 heterocycles. The fourth-order valence-corrected chi connectivity index (χ4v) is 4.80. The summed E-state index contributed by atoms with van der Waals surface area (Å²) in [6.07, 6.45) is 0. The molecule has 1 fully saturated rings. The molecule has 244 valence electrons. The van der Waals surface area contributed by atoms with Gasteiger partial charge in [-0.3, -0.25) is 38.8 Å². The number of ether oxygens (including phenoxy) is 1. The highest BCUT2D eigenvalue weighted by atomic mass is 16.5. The van der Waals surface area contributed by atoms with Gasteiger partial charge in [0.15, 0.2) is 0 Å². The molecule has 18 heteroatoms. The second kappa shape index (κ2) is 20.4. The molecule has 1 rings (SSSR count). The van der Waals surface area contributed by atoms with Crippen LogP contribution in [0.3, 0.4) is 0 Å². The first kappa shape index (κ1) is 37.5. The standard InChI is InChI=1S/C24H45N5O13/c30-2-4-42-3-1-25-21(35)9-26-5-18(14-32)28(11-23(38)39)7-20(16-34)29(12-24(40)41)8-19(15-33)27(10-22(36)37)6-17(26)13-31/h17-20,30-34H,1-16H2,(H,25,35)(H,36,37)(H,38,39)(H,40,41)/t17-,18-,19+,20-/m1/s1. The van der Waals surface area contributed by atoms with Crippen molar-refractivity contribution in [1.29, 1.82) is 0 Å². The minimum atomic E-state index is -1.28. The topological polar surface area (TPSA) is 264 Å². The van der Waals surface area contributed by atoms with Crippen LogP contribution < -0.4 is 5.32 Å². The Morgan fingerprint density at radius 1 is 0.571 bits per heavy atom. The highest BCUT2D eigenvalue weighted by Gasteiger charge is 2.36. The molecule has 0 spiro atoms. The minimum Gasteiger partial charge on any atom is -0.480 e. The summed E-state index contributed by atoms with van der Waals surface area (Å²) in [5, 5.41) is 81.1. The molecule has 0 unspecified atom stereocenters. The van der Waals surface area contributed by atoms with Crippen molar-refractivity contribution in [3.63, 3.8) is 0 Å². The van der Waals surface area contributed by atoms with Gasteiger partial charge in [-0.25, -0.2) is 0 Å². The van der Waals surface area contributed by atoms with Gasteiger partial charge in [0.1, 0.15) is 0 Å². The van der Waals surface area contributed by atoms with Gasteiger partial charge in [0, 0.05) is 56.9 Å². The first-order chi connectivity index (χ1) is 20.0. The summed E-state index contributed by atoms with van der Waals surface area (Å²) < 4.78 is 5.11. The summed E-state index contributed by atoms with van der Waals surface area (Å²) in [6.45, 7) is -5.37. The van der Waals surface area contributed by atoms with E-state index < -0.39 is 94.0 Å².